The van der Waals surface area contributed by atoms with Crippen LogP contribution in [-0.2, 0) is 9.53 Å². The monoisotopic (exact) mass is 236 g/mol. The molecule has 2 nitrogen and oxygen atoms in total. The predicted octanol–water partition coefficient (Wildman–Crippen LogP) is 2.87. The minimum Gasteiger partial charge on any atom is -0.385 e. The highest BCUT2D eigenvalue weighted by Gasteiger charge is 2.27. The van der Waals surface area contributed by atoms with Gasteiger partial charge in [-0.15, -0.1) is 11.8 Å². The first-order valence-corrected chi connectivity index (χ1v) is 6.55. The molecule has 0 spiro atoms. The summed E-state index contributed by atoms with van der Waals surface area (Å²) >= 11 is 1.79. The third-order valence-electron chi connectivity index (χ3n) is 2.86. The maximum atomic E-state index is 12.0. The number of Topliss-reactive ketones (excluding diaryl/α,β-unsaturated/α-hetero) is 1. The zero-order valence-corrected chi connectivity index (χ0v) is 10.3. The second-order valence-electron chi connectivity index (χ2n) is 3.96. The molecule has 0 saturated carbocycles. The number of benzene rings is 1. The van der Waals surface area contributed by atoms with Crippen LogP contribution in [0.3, 0.4) is 0 Å². The van der Waals surface area contributed by atoms with Crippen molar-refractivity contribution >= 4 is 17.5 Å². The molecule has 1 aliphatic rings. The molecular weight excluding hydrogens is 220 g/mol. The highest BCUT2D eigenvalue weighted by atomic mass is 32.2. The normalized spacial score (nSPS) is 18.4. The summed E-state index contributed by atoms with van der Waals surface area (Å²) in [6.45, 7) is 0.674. The number of carbonyl (C=O) groups is 1. The number of rotatable bonds is 5. The van der Waals surface area contributed by atoms with Gasteiger partial charge in [-0.25, -0.2) is 0 Å². The molecule has 0 saturated heterocycles. The highest BCUT2D eigenvalue weighted by Crippen LogP contribution is 2.40. The summed E-state index contributed by atoms with van der Waals surface area (Å²) in [6.07, 6.45) is 1.46. The van der Waals surface area contributed by atoms with Crippen LogP contribution in [0, 0.1) is 0 Å². The van der Waals surface area contributed by atoms with Gasteiger partial charge in [0.15, 0.2) is 0 Å². The number of hydrogen-bond donors (Lipinski definition) is 0. The van der Waals surface area contributed by atoms with Crippen LogP contribution < -0.4 is 0 Å². The zero-order valence-electron chi connectivity index (χ0n) is 9.44. The predicted molar refractivity (Wildman–Crippen MR) is 66.0 cm³/mol. The van der Waals surface area contributed by atoms with Gasteiger partial charge in [-0.05, 0) is 18.1 Å². The van der Waals surface area contributed by atoms with Crippen LogP contribution in [0.2, 0.25) is 0 Å². The number of ether oxygens (including phenoxy) is 1. The van der Waals surface area contributed by atoms with Gasteiger partial charge in [-0.3, -0.25) is 4.79 Å². The number of hydrogen-bond acceptors (Lipinski definition) is 3. The molecule has 0 aromatic heterocycles. The Morgan fingerprint density at radius 1 is 1.50 bits per heavy atom. The van der Waals surface area contributed by atoms with Crippen LogP contribution in [0.25, 0.3) is 0 Å². The molecule has 3 heteroatoms. The van der Waals surface area contributed by atoms with Crippen LogP contribution in [0.1, 0.15) is 24.3 Å². The SMILES string of the molecule is COCCCC(=O)C1CSc2ccccc21. The van der Waals surface area contributed by atoms with Crippen molar-refractivity contribution in [3.8, 4) is 0 Å². The van der Waals surface area contributed by atoms with E-state index in [0.29, 0.717) is 18.8 Å². The Bertz CT molecular complexity index is 376. The van der Waals surface area contributed by atoms with Crippen LogP contribution in [-0.4, -0.2) is 25.3 Å². The smallest absolute Gasteiger partial charge is 0.141 e. The van der Waals surface area contributed by atoms with Gasteiger partial charge in [0.2, 0.25) is 0 Å². The van der Waals surface area contributed by atoms with Crippen molar-refractivity contribution in [2.45, 2.75) is 23.7 Å². The Morgan fingerprint density at radius 3 is 3.12 bits per heavy atom. The van der Waals surface area contributed by atoms with E-state index in [2.05, 4.69) is 12.1 Å². The summed E-state index contributed by atoms with van der Waals surface area (Å²) in [7, 11) is 1.67. The molecule has 1 aromatic rings. The van der Waals surface area contributed by atoms with E-state index in [4.69, 9.17) is 4.74 Å². The number of carbonyl (C=O) groups excluding carboxylic acids is 1. The molecule has 0 amide bonds. The second kappa shape index (κ2) is 5.51. The van der Waals surface area contributed by atoms with Gasteiger partial charge >= 0.3 is 0 Å². The van der Waals surface area contributed by atoms with Crippen molar-refractivity contribution in [3.05, 3.63) is 29.8 Å². The fourth-order valence-electron chi connectivity index (χ4n) is 1.99. The van der Waals surface area contributed by atoms with Gasteiger partial charge < -0.3 is 4.74 Å². The first-order chi connectivity index (χ1) is 7.83. The maximum absolute atomic E-state index is 12.0. The van der Waals surface area contributed by atoms with Gasteiger partial charge in [-0.1, -0.05) is 18.2 Å². The number of ketones is 1. The molecule has 0 aliphatic carbocycles. The van der Waals surface area contributed by atoms with E-state index in [1.54, 1.807) is 18.9 Å². The minimum atomic E-state index is 0.109. The topological polar surface area (TPSA) is 26.3 Å². The Hall–Kier alpha value is -0.800. The Morgan fingerprint density at radius 2 is 2.31 bits per heavy atom. The number of fused-ring (bicyclic) bond motifs is 1. The Kier molecular flexibility index (Phi) is 4.02. The van der Waals surface area contributed by atoms with Crippen molar-refractivity contribution in [1.82, 2.24) is 0 Å². The lowest BCUT2D eigenvalue weighted by Gasteiger charge is -2.09. The number of thioether (sulfide) groups is 1. The molecule has 0 bridgehead atoms. The maximum Gasteiger partial charge on any atom is 0.141 e. The molecule has 1 aromatic carbocycles. The third kappa shape index (κ3) is 2.47. The summed E-state index contributed by atoms with van der Waals surface area (Å²) in [6, 6.07) is 8.22. The molecule has 1 unspecified atom stereocenters. The average molecular weight is 236 g/mol. The lowest BCUT2D eigenvalue weighted by Crippen LogP contribution is -2.12. The molecule has 1 atom stereocenters. The lowest BCUT2D eigenvalue weighted by atomic mass is 9.94. The minimum absolute atomic E-state index is 0.109. The first-order valence-electron chi connectivity index (χ1n) is 5.56. The largest absolute Gasteiger partial charge is 0.385 e. The van der Waals surface area contributed by atoms with Gasteiger partial charge in [-0.2, -0.15) is 0 Å². The standard InChI is InChI=1S/C13H16O2S/c1-15-8-4-6-12(14)11-9-16-13-7-3-2-5-10(11)13/h2-3,5,7,11H,4,6,8-9H2,1H3. The van der Waals surface area contributed by atoms with E-state index >= 15 is 0 Å². The van der Waals surface area contributed by atoms with Crippen molar-refractivity contribution in [2.75, 3.05) is 19.5 Å². The number of methoxy groups -OCH3 is 1. The van der Waals surface area contributed by atoms with Crippen LogP contribution >= 0.6 is 11.8 Å². The summed E-state index contributed by atoms with van der Waals surface area (Å²) in [5, 5.41) is 0. The van der Waals surface area contributed by atoms with Gasteiger partial charge in [0, 0.05) is 30.8 Å². The molecule has 0 fully saturated rings. The molecule has 0 radical (unpaired) electrons. The summed E-state index contributed by atoms with van der Waals surface area (Å²) in [5.41, 5.74) is 1.22. The van der Waals surface area contributed by atoms with E-state index in [9.17, 15) is 4.79 Å². The van der Waals surface area contributed by atoms with Gasteiger partial charge in [0.25, 0.3) is 0 Å². The van der Waals surface area contributed by atoms with E-state index in [1.165, 1.54) is 10.5 Å². The molecule has 1 aliphatic heterocycles. The third-order valence-corrected chi connectivity index (χ3v) is 4.04. The Labute approximate surface area is 100 Å². The van der Waals surface area contributed by atoms with Gasteiger partial charge in [0.05, 0.1) is 5.92 Å². The van der Waals surface area contributed by atoms with Crippen molar-refractivity contribution in [1.29, 1.82) is 0 Å². The molecule has 0 N–H and O–H groups in total. The van der Waals surface area contributed by atoms with Crippen LogP contribution in [0.4, 0.5) is 0 Å². The van der Waals surface area contributed by atoms with E-state index in [0.717, 1.165) is 12.2 Å². The highest BCUT2D eigenvalue weighted by molar-refractivity contribution is 7.99. The van der Waals surface area contributed by atoms with E-state index in [1.807, 2.05) is 12.1 Å². The fourth-order valence-corrected chi connectivity index (χ4v) is 3.26. The van der Waals surface area contributed by atoms with E-state index in [-0.39, 0.29) is 5.92 Å². The average Bonchev–Trinajstić information content (AvgIpc) is 2.73. The molecule has 16 heavy (non-hydrogen) atoms. The summed E-state index contributed by atoms with van der Waals surface area (Å²) in [4.78, 5) is 13.3. The zero-order chi connectivity index (χ0) is 11.4. The lowest BCUT2D eigenvalue weighted by molar-refractivity contribution is -0.120. The van der Waals surface area contributed by atoms with Crippen molar-refractivity contribution < 1.29 is 9.53 Å². The van der Waals surface area contributed by atoms with Crippen molar-refractivity contribution in [3.63, 3.8) is 0 Å². The molecular formula is C13H16O2S. The van der Waals surface area contributed by atoms with E-state index < -0.39 is 0 Å². The van der Waals surface area contributed by atoms with Crippen molar-refractivity contribution in [2.24, 2.45) is 0 Å². The van der Waals surface area contributed by atoms with Gasteiger partial charge in [0.1, 0.15) is 5.78 Å². The fraction of sp³-hybridized carbons (Fsp3) is 0.462. The molecule has 2 rings (SSSR count). The molecule has 1 heterocycles. The Balaban J connectivity index is 1.99. The van der Waals surface area contributed by atoms with Crippen LogP contribution in [0.15, 0.2) is 29.2 Å². The summed E-state index contributed by atoms with van der Waals surface area (Å²) < 4.78 is 4.97. The second-order valence-corrected chi connectivity index (χ2v) is 5.03. The summed E-state index contributed by atoms with van der Waals surface area (Å²) in [5.74, 6) is 1.37. The molecule has 86 valence electrons. The van der Waals surface area contributed by atoms with Crippen LogP contribution in [0.5, 0.6) is 0 Å². The quantitative estimate of drug-likeness (QED) is 0.735. The first kappa shape index (κ1) is 11.7.